The average Bonchev–Trinajstić information content (AvgIpc) is 2.62. The number of aliphatic carboxylic acids is 1. The zero-order chi connectivity index (χ0) is 20.8. The molecule has 0 spiro atoms. The van der Waals surface area contributed by atoms with Gasteiger partial charge in [-0.15, -0.1) is 0 Å². The number of amides is 3. The van der Waals surface area contributed by atoms with E-state index in [9.17, 15) is 29.1 Å². The van der Waals surface area contributed by atoms with Crippen molar-refractivity contribution in [3.63, 3.8) is 0 Å². The second-order valence-electron chi connectivity index (χ2n) is 5.68. The van der Waals surface area contributed by atoms with Crippen LogP contribution in [0.25, 0.3) is 0 Å². The summed E-state index contributed by atoms with van der Waals surface area (Å²) in [5, 5.41) is 16.3. The van der Waals surface area contributed by atoms with Crippen LogP contribution in [0.1, 0.15) is 39.0 Å². The SMILES string of the molecule is COC(=O)CC[C@H](NC(=O)N[C@@H](CCCCNC(C)=O)C(=O)O)C(=O)OC. The number of urea groups is 1. The van der Waals surface area contributed by atoms with E-state index in [1.165, 1.54) is 14.0 Å². The number of nitrogens with one attached hydrogen (secondary N) is 3. The number of hydrogen-bond acceptors (Lipinski definition) is 7. The normalized spacial score (nSPS) is 12.3. The highest BCUT2D eigenvalue weighted by Crippen LogP contribution is 2.04. The molecule has 0 fully saturated rings. The van der Waals surface area contributed by atoms with Gasteiger partial charge in [0.1, 0.15) is 12.1 Å². The van der Waals surface area contributed by atoms with E-state index in [4.69, 9.17) is 0 Å². The number of hydrogen-bond donors (Lipinski definition) is 4. The van der Waals surface area contributed by atoms with Gasteiger partial charge in [-0.25, -0.2) is 14.4 Å². The zero-order valence-electron chi connectivity index (χ0n) is 15.7. The third-order valence-corrected chi connectivity index (χ3v) is 3.55. The Morgan fingerprint density at radius 1 is 0.926 bits per heavy atom. The molecule has 2 atom stereocenters. The third kappa shape index (κ3) is 11.4. The molecular weight excluding hydrogens is 362 g/mol. The van der Waals surface area contributed by atoms with Crippen molar-refractivity contribution < 1.29 is 38.6 Å². The molecule has 0 saturated carbocycles. The van der Waals surface area contributed by atoms with Crippen LogP contribution in [0.5, 0.6) is 0 Å². The molecule has 27 heavy (non-hydrogen) atoms. The molecule has 0 aliphatic carbocycles. The predicted octanol–water partition coefficient (Wildman–Crippen LogP) is -0.460. The van der Waals surface area contributed by atoms with E-state index in [0.29, 0.717) is 19.4 Å². The highest BCUT2D eigenvalue weighted by Gasteiger charge is 2.25. The number of ether oxygens (including phenoxy) is 2. The van der Waals surface area contributed by atoms with E-state index >= 15 is 0 Å². The molecule has 0 aromatic rings. The number of unbranched alkanes of at least 4 members (excludes halogenated alkanes) is 1. The maximum atomic E-state index is 12.0. The van der Waals surface area contributed by atoms with Crippen molar-refractivity contribution in [1.29, 1.82) is 0 Å². The van der Waals surface area contributed by atoms with Crippen molar-refractivity contribution in [2.45, 2.75) is 51.1 Å². The number of methoxy groups -OCH3 is 2. The summed E-state index contributed by atoms with van der Waals surface area (Å²) >= 11 is 0. The number of carboxylic acids is 1. The van der Waals surface area contributed by atoms with Crippen LogP contribution < -0.4 is 16.0 Å². The molecule has 11 heteroatoms. The monoisotopic (exact) mass is 389 g/mol. The molecule has 11 nitrogen and oxygen atoms in total. The Balaban J connectivity index is 4.56. The molecule has 0 aromatic carbocycles. The minimum Gasteiger partial charge on any atom is -0.480 e. The number of carbonyl (C=O) groups excluding carboxylic acids is 4. The number of rotatable bonds is 12. The molecule has 0 aromatic heterocycles. The molecule has 3 amide bonds. The lowest BCUT2D eigenvalue weighted by Crippen LogP contribution is -2.51. The molecule has 0 saturated heterocycles. The van der Waals surface area contributed by atoms with Crippen molar-refractivity contribution in [1.82, 2.24) is 16.0 Å². The van der Waals surface area contributed by atoms with E-state index in [1.807, 2.05) is 0 Å². The van der Waals surface area contributed by atoms with E-state index in [2.05, 4.69) is 25.4 Å². The van der Waals surface area contributed by atoms with Gasteiger partial charge in [0.15, 0.2) is 0 Å². The van der Waals surface area contributed by atoms with E-state index in [1.54, 1.807) is 0 Å². The topological polar surface area (TPSA) is 160 Å². The Morgan fingerprint density at radius 2 is 1.56 bits per heavy atom. The van der Waals surface area contributed by atoms with Gasteiger partial charge in [0, 0.05) is 19.9 Å². The number of esters is 2. The Bertz CT molecular complexity index is 538. The predicted molar refractivity (Wildman–Crippen MR) is 92.7 cm³/mol. The lowest BCUT2D eigenvalue weighted by atomic mass is 10.1. The molecule has 0 radical (unpaired) electrons. The van der Waals surface area contributed by atoms with Crippen molar-refractivity contribution in [3.8, 4) is 0 Å². The average molecular weight is 389 g/mol. The van der Waals surface area contributed by atoms with Gasteiger partial charge in [-0.1, -0.05) is 0 Å². The van der Waals surface area contributed by atoms with Gasteiger partial charge < -0.3 is 30.5 Å². The maximum Gasteiger partial charge on any atom is 0.328 e. The highest BCUT2D eigenvalue weighted by atomic mass is 16.5. The second kappa shape index (κ2) is 13.4. The first-order valence-corrected chi connectivity index (χ1v) is 8.40. The molecule has 0 aliphatic rings. The van der Waals surface area contributed by atoms with Crippen LogP contribution in [0.15, 0.2) is 0 Å². The summed E-state index contributed by atoms with van der Waals surface area (Å²) in [4.78, 5) is 56.9. The summed E-state index contributed by atoms with van der Waals surface area (Å²) in [5.74, 6) is -2.73. The van der Waals surface area contributed by atoms with Gasteiger partial charge in [-0.3, -0.25) is 9.59 Å². The number of carboxylic acid groups (broad SMARTS) is 1. The van der Waals surface area contributed by atoms with Gasteiger partial charge in [0.05, 0.1) is 14.2 Å². The van der Waals surface area contributed by atoms with Gasteiger partial charge in [-0.2, -0.15) is 0 Å². The fourth-order valence-electron chi connectivity index (χ4n) is 2.11. The summed E-state index contributed by atoms with van der Waals surface area (Å²) in [6.45, 7) is 1.79. The quantitative estimate of drug-likeness (QED) is 0.258. The molecule has 0 unspecified atom stereocenters. The summed E-state index contributed by atoms with van der Waals surface area (Å²) in [7, 11) is 2.32. The standard InChI is InChI=1S/C16H27N3O8/c1-10(20)17-9-5-4-6-11(14(22)23)18-16(25)19-12(15(24)27-3)7-8-13(21)26-2/h11-12H,4-9H2,1-3H3,(H,17,20)(H,22,23)(H2,18,19,25)/t11-,12-/m0/s1. The van der Waals surface area contributed by atoms with Crippen LogP contribution in [-0.2, 0) is 28.7 Å². The summed E-state index contributed by atoms with van der Waals surface area (Å²) in [6, 6.07) is -3.16. The van der Waals surface area contributed by atoms with E-state index in [0.717, 1.165) is 7.11 Å². The first-order valence-electron chi connectivity index (χ1n) is 8.40. The maximum absolute atomic E-state index is 12.0. The molecule has 0 heterocycles. The smallest absolute Gasteiger partial charge is 0.328 e. The third-order valence-electron chi connectivity index (χ3n) is 3.55. The second-order valence-corrected chi connectivity index (χ2v) is 5.68. The van der Waals surface area contributed by atoms with Crippen molar-refractivity contribution >= 4 is 29.8 Å². The summed E-state index contributed by atoms with van der Waals surface area (Å²) in [5.41, 5.74) is 0. The van der Waals surface area contributed by atoms with Crippen molar-refractivity contribution in [3.05, 3.63) is 0 Å². The van der Waals surface area contributed by atoms with Crippen LogP contribution in [0.2, 0.25) is 0 Å². The van der Waals surface area contributed by atoms with Crippen LogP contribution in [0, 0.1) is 0 Å². The van der Waals surface area contributed by atoms with Gasteiger partial charge in [0.2, 0.25) is 5.91 Å². The summed E-state index contributed by atoms with van der Waals surface area (Å²) in [6.07, 6.45) is 0.980. The fraction of sp³-hybridized carbons (Fsp3) is 0.688. The first kappa shape index (κ1) is 24.1. The largest absolute Gasteiger partial charge is 0.480 e. The fourth-order valence-corrected chi connectivity index (χ4v) is 2.11. The molecular formula is C16H27N3O8. The first-order chi connectivity index (χ1) is 12.7. The van der Waals surface area contributed by atoms with Gasteiger partial charge >= 0.3 is 23.9 Å². The Morgan fingerprint density at radius 3 is 2.07 bits per heavy atom. The Kier molecular flexibility index (Phi) is 12.0. The molecule has 154 valence electrons. The van der Waals surface area contributed by atoms with Gasteiger partial charge in [-0.05, 0) is 25.7 Å². The molecule has 4 N–H and O–H groups in total. The van der Waals surface area contributed by atoms with E-state index in [-0.39, 0.29) is 25.2 Å². The zero-order valence-corrected chi connectivity index (χ0v) is 15.7. The lowest BCUT2D eigenvalue weighted by molar-refractivity contribution is -0.144. The molecule has 0 rings (SSSR count). The Hall–Kier alpha value is -2.85. The minimum atomic E-state index is -1.23. The number of carbonyl (C=O) groups is 5. The lowest BCUT2D eigenvalue weighted by Gasteiger charge is -2.19. The minimum absolute atomic E-state index is 0.0543. The van der Waals surface area contributed by atoms with E-state index < -0.39 is 36.0 Å². The molecule has 0 bridgehead atoms. The molecule has 0 aliphatic heterocycles. The van der Waals surface area contributed by atoms with Crippen molar-refractivity contribution in [2.24, 2.45) is 0 Å². The summed E-state index contributed by atoms with van der Waals surface area (Å²) < 4.78 is 9.03. The van der Waals surface area contributed by atoms with Gasteiger partial charge in [0.25, 0.3) is 0 Å². The van der Waals surface area contributed by atoms with Crippen molar-refractivity contribution in [2.75, 3.05) is 20.8 Å². The van der Waals surface area contributed by atoms with Crippen LogP contribution in [-0.4, -0.2) is 67.8 Å². The van der Waals surface area contributed by atoms with Crippen LogP contribution in [0.3, 0.4) is 0 Å². The van der Waals surface area contributed by atoms with Crippen LogP contribution in [0.4, 0.5) is 4.79 Å². The highest BCUT2D eigenvalue weighted by molar-refractivity contribution is 5.86. The van der Waals surface area contributed by atoms with Crippen LogP contribution >= 0.6 is 0 Å². The Labute approximate surface area is 157 Å².